The van der Waals surface area contributed by atoms with Crippen molar-refractivity contribution >= 4 is 17.6 Å². The van der Waals surface area contributed by atoms with Gasteiger partial charge in [0.05, 0.1) is 6.42 Å². The average Bonchev–Trinajstić information content (AvgIpc) is 2.28. The van der Waals surface area contributed by atoms with Gasteiger partial charge < -0.3 is 0 Å². The van der Waals surface area contributed by atoms with Gasteiger partial charge in [0, 0.05) is 18.5 Å². The van der Waals surface area contributed by atoms with Crippen LogP contribution in [-0.4, -0.2) is 29.0 Å². The van der Waals surface area contributed by atoms with Crippen molar-refractivity contribution in [1.29, 1.82) is 0 Å². The minimum absolute atomic E-state index is 0.0236. The average molecular weight is 231 g/mol. The van der Waals surface area contributed by atoms with Gasteiger partial charge in [-0.15, -0.1) is 0 Å². The van der Waals surface area contributed by atoms with Gasteiger partial charge in [-0.3, -0.25) is 19.3 Å². The molecule has 0 N–H and O–H groups in total. The first-order valence-electron chi connectivity index (χ1n) is 5.51. The maximum atomic E-state index is 12.0. The Morgan fingerprint density at radius 3 is 2.71 bits per heavy atom. The van der Waals surface area contributed by atoms with E-state index in [1.54, 1.807) is 18.2 Å². The van der Waals surface area contributed by atoms with Gasteiger partial charge in [0.25, 0.3) is 5.91 Å². The summed E-state index contributed by atoms with van der Waals surface area (Å²) < 4.78 is 0. The highest BCUT2D eigenvalue weighted by Crippen LogP contribution is 2.19. The molecule has 1 aliphatic heterocycles. The van der Waals surface area contributed by atoms with Crippen LogP contribution >= 0.6 is 0 Å². The van der Waals surface area contributed by atoms with Gasteiger partial charge in [-0.05, 0) is 18.6 Å². The molecule has 0 radical (unpaired) electrons. The van der Waals surface area contributed by atoms with Crippen molar-refractivity contribution in [1.82, 2.24) is 4.90 Å². The number of amides is 2. The van der Waals surface area contributed by atoms with Gasteiger partial charge in [-0.25, -0.2) is 0 Å². The van der Waals surface area contributed by atoms with E-state index >= 15 is 0 Å². The van der Waals surface area contributed by atoms with Gasteiger partial charge in [0.2, 0.25) is 5.91 Å². The third kappa shape index (κ3) is 2.25. The van der Waals surface area contributed by atoms with Gasteiger partial charge >= 0.3 is 0 Å². The quantitative estimate of drug-likeness (QED) is 0.734. The van der Waals surface area contributed by atoms with E-state index in [9.17, 15) is 14.4 Å². The number of hydrogen-bond acceptors (Lipinski definition) is 3. The lowest BCUT2D eigenvalue weighted by Crippen LogP contribution is -2.43. The van der Waals surface area contributed by atoms with Crippen molar-refractivity contribution in [3.63, 3.8) is 0 Å². The molecule has 0 saturated heterocycles. The van der Waals surface area contributed by atoms with Crippen molar-refractivity contribution < 1.29 is 14.4 Å². The second-order valence-electron chi connectivity index (χ2n) is 4.14. The second-order valence-corrected chi connectivity index (χ2v) is 4.14. The third-order valence-corrected chi connectivity index (χ3v) is 2.82. The van der Waals surface area contributed by atoms with E-state index in [0.717, 1.165) is 5.56 Å². The predicted molar refractivity (Wildman–Crippen MR) is 61.5 cm³/mol. The highest BCUT2D eigenvalue weighted by molar-refractivity contribution is 6.09. The maximum Gasteiger partial charge on any atom is 0.260 e. The molecule has 88 valence electrons. The molecule has 1 aromatic rings. The Balaban J connectivity index is 2.24. The summed E-state index contributed by atoms with van der Waals surface area (Å²) in [4.78, 5) is 35.9. The summed E-state index contributed by atoms with van der Waals surface area (Å²) in [5.41, 5.74) is 1.33. The van der Waals surface area contributed by atoms with E-state index in [2.05, 4.69) is 0 Å². The van der Waals surface area contributed by atoms with Crippen LogP contribution < -0.4 is 0 Å². The van der Waals surface area contributed by atoms with Crippen LogP contribution in [0.4, 0.5) is 0 Å². The highest BCUT2D eigenvalue weighted by Gasteiger charge is 2.30. The molecule has 4 nitrogen and oxygen atoms in total. The molecule has 0 bridgehead atoms. The predicted octanol–water partition coefficient (Wildman–Crippen LogP) is 1.19. The Labute approximate surface area is 99.2 Å². The van der Waals surface area contributed by atoms with Crippen LogP contribution in [0.5, 0.6) is 0 Å². The summed E-state index contributed by atoms with van der Waals surface area (Å²) in [6.45, 7) is 1.63. The number of ketones is 1. The normalized spacial score (nSPS) is 14.8. The molecule has 2 amide bonds. The second kappa shape index (κ2) is 4.49. The molecular formula is C13H13NO3. The van der Waals surface area contributed by atoms with Crippen molar-refractivity contribution in [3.8, 4) is 0 Å². The summed E-state index contributed by atoms with van der Waals surface area (Å²) in [5.74, 6) is -0.544. The van der Waals surface area contributed by atoms with Gasteiger partial charge in [-0.2, -0.15) is 0 Å². The fourth-order valence-electron chi connectivity index (χ4n) is 1.90. The number of hydrogen-bond donors (Lipinski definition) is 0. The lowest BCUT2D eigenvalue weighted by molar-refractivity contribution is -0.128. The number of carbonyl (C=O) groups is 3. The van der Waals surface area contributed by atoms with Crippen LogP contribution in [0, 0.1) is 0 Å². The molecule has 0 fully saturated rings. The smallest absolute Gasteiger partial charge is 0.260 e. The standard InChI is InChI=1S/C13H13NO3/c1-9(15)6-7-14-12(16)8-10-4-2-3-5-11(10)13(14)17/h2-5H,6-8H2,1H3. The van der Waals surface area contributed by atoms with Gasteiger partial charge in [0.1, 0.15) is 5.78 Å². The Bertz CT molecular complexity index is 493. The summed E-state index contributed by atoms with van der Waals surface area (Å²) in [6.07, 6.45) is 0.458. The van der Waals surface area contributed by atoms with Crippen molar-refractivity contribution in [3.05, 3.63) is 35.4 Å². The molecular weight excluding hydrogens is 218 g/mol. The van der Waals surface area contributed by atoms with E-state index < -0.39 is 0 Å². The molecule has 1 heterocycles. The summed E-state index contributed by atoms with van der Waals surface area (Å²) in [5, 5.41) is 0. The topological polar surface area (TPSA) is 54.5 Å². The fraction of sp³-hybridized carbons (Fsp3) is 0.308. The van der Waals surface area contributed by atoms with E-state index in [-0.39, 0.29) is 37.0 Å². The summed E-state index contributed by atoms with van der Waals surface area (Å²) in [7, 11) is 0. The lowest BCUT2D eigenvalue weighted by atomic mass is 9.98. The number of nitrogens with zero attached hydrogens (tertiary/aromatic N) is 1. The zero-order valence-corrected chi connectivity index (χ0v) is 9.60. The largest absolute Gasteiger partial charge is 0.300 e. The minimum Gasteiger partial charge on any atom is -0.300 e. The maximum absolute atomic E-state index is 12.0. The van der Waals surface area contributed by atoms with Crippen LogP contribution in [0.3, 0.4) is 0 Å². The molecule has 2 rings (SSSR count). The first-order valence-corrected chi connectivity index (χ1v) is 5.51. The minimum atomic E-state index is -0.293. The third-order valence-electron chi connectivity index (χ3n) is 2.82. The summed E-state index contributed by atoms with van der Waals surface area (Å²) in [6, 6.07) is 7.08. The molecule has 0 aliphatic carbocycles. The van der Waals surface area contributed by atoms with Crippen LogP contribution in [0.2, 0.25) is 0 Å². The number of rotatable bonds is 3. The molecule has 1 aromatic carbocycles. The number of imide groups is 1. The molecule has 0 saturated carbocycles. The molecule has 17 heavy (non-hydrogen) atoms. The molecule has 1 aliphatic rings. The Kier molecular flexibility index (Phi) is 3.04. The van der Waals surface area contributed by atoms with Crippen LogP contribution in [0.1, 0.15) is 29.3 Å². The van der Waals surface area contributed by atoms with E-state index in [0.29, 0.717) is 5.56 Å². The van der Waals surface area contributed by atoms with Crippen LogP contribution in [0.25, 0.3) is 0 Å². The number of Topliss-reactive ketones (excluding diaryl/α,β-unsaturated/α-hetero) is 1. The molecule has 4 heteroatoms. The zero-order valence-electron chi connectivity index (χ0n) is 9.60. The van der Waals surface area contributed by atoms with E-state index in [1.807, 2.05) is 6.07 Å². The molecule has 0 atom stereocenters. The Morgan fingerprint density at radius 1 is 1.29 bits per heavy atom. The zero-order chi connectivity index (χ0) is 12.4. The Morgan fingerprint density at radius 2 is 2.00 bits per heavy atom. The summed E-state index contributed by atoms with van der Waals surface area (Å²) >= 11 is 0. The molecule has 0 aromatic heterocycles. The van der Waals surface area contributed by atoms with Crippen LogP contribution in [0.15, 0.2) is 24.3 Å². The van der Waals surface area contributed by atoms with E-state index in [4.69, 9.17) is 0 Å². The number of benzene rings is 1. The van der Waals surface area contributed by atoms with Gasteiger partial charge in [0.15, 0.2) is 0 Å². The first-order chi connectivity index (χ1) is 8.09. The SMILES string of the molecule is CC(=O)CCN1C(=O)Cc2ccccc2C1=O. The van der Waals surface area contributed by atoms with E-state index in [1.165, 1.54) is 11.8 Å². The number of carbonyl (C=O) groups excluding carboxylic acids is 3. The van der Waals surface area contributed by atoms with Crippen molar-refractivity contribution in [2.75, 3.05) is 6.54 Å². The monoisotopic (exact) mass is 231 g/mol. The van der Waals surface area contributed by atoms with Crippen molar-refractivity contribution in [2.24, 2.45) is 0 Å². The molecule has 0 unspecified atom stereocenters. The fourth-order valence-corrected chi connectivity index (χ4v) is 1.90. The highest BCUT2D eigenvalue weighted by atomic mass is 16.2. The van der Waals surface area contributed by atoms with Crippen molar-refractivity contribution in [2.45, 2.75) is 19.8 Å². The molecule has 0 spiro atoms. The van der Waals surface area contributed by atoms with Gasteiger partial charge in [-0.1, -0.05) is 18.2 Å². The van der Waals surface area contributed by atoms with Crippen LogP contribution in [-0.2, 0) is 16.0 Å². The Hall–Kier alpha value is -1.97. The number of fused-ring (bicyclic) bond motifs is 1. The lowest BCUT2D eigenvalue weighted by Gasteiger charge is -2.26. The first kappa shape index (κ1) is 11.5.